The molecule has 4 rings (SSSR count). The van der Waals surface area contributed by atoms with Crippen molar-refractivity contribution in [1.29, 1.82) is 0 Å². The van der Waals surface area contributed by atoms with Crippen molar-refractivity contribution in [3.63, 3.8) is 0 Å². The van der Waals surface area contributed by atoms with Gasteiger partial charge in [0.2, 0.25) is 0 Å². The highest BCUT2D eigenvalue weighted by atomic mass is 15.0. The summed E-state index contributed by atoms with van der Waals surface area (Å²) in [6, 6.07) is 15.6. The maximum absolute atomic E-state index is 6.46. The standard InChI is InChI=1S/C23H28N2/c1-4-12-22(13-5-2)15-17-11-10-16(3)14-20(17)23(22)19-9-7-6-8-18(19)21(24)25-23/h6-11,14H,4-5,12-13,15H2,1-3H3,(H2,24,25). The van der Waals surface area contributed by atoms with Crippen molar-refractivity contribution in [2.24, 2.45) is 16.1 Å². The van der Waals surface area contributed by atoms with Gasteiger partial charge in [-0.25, -0.2) is 0 Å². The van der Waals surface area contributed by atoms with Crippen molar-refractivity contribution in [1.82, 2.24) is 0 Å². The number of nitrogens with two attached hydrogens (primary N) is 1. The summed E-state index contributed by atoms with van der Waals surface area (Å²) in [4.78, 5) is 5.26. The van der Waals surface area contributed by atoms with E-state index in [1.165, 1.54) is 47.9 Å². The van der Waals surface area contributed by atoms with Gasteiger partial charge in [-0.3, -0.25) is 4.99 Å². The van der Waals surface area contributed by atoms with Gasteiger partial charge in [0.05, 0.1) is 0 Å². The first kappa shape index (κ1) is 16.4. The Morgan fingerprint density at radius 3 is 2.44 bits per heavy atom. The first-order valence-corrected chi connectivity index (χ1v) is 9.63. The molecule has 0 amide bonds. The number of aliphatic imine (C=N–C) groups is 1. The molecule has 2 aromatic rings. The van der Waals surface area contributed by atoms with E-state index in [1.54, 1.807) is 0 Å². The van der Waals surface area contributed by atoms with Crippen molar-refractivity contribution in [3.8, 4) is 0 Å². The predicted octanol–water partition coefficient (Wildman–Crippen LogP) is 5.10. The van der Waals surface area contributed by atoms with Gasteiger partial charge in [0.1, 0.15) is 11.4 Å². The van der Waals surface area contributed by atoms with E-state index in [9.17, 15) is 0 Å². The smallest absolute Gasteiger partial charge is 0.127 e. The fraction of sp³-hybridized carbons (Fsp3) is 0.435. The van der Waals surface area contributed by atoms with Crippen LogP contribution in [0.1, 0.15) is 67.3 Å². The first-order chi connectivity index (χ1) is 12.1. The monoisotopic (exact) mass is 332 g/mol. The number of nitrogens with zero attached hydrogens (tertiary/aromatic N) is 1. The molecule has 2 heteroatoms. The highest BCUT2D eigenvalue weighted by Crippen LogP contribution is 2.63. The Hall–Kier alpha value is -2.09. The van der Waals surface area contributed by atoms with Crippen LogP contribution in [-0.4, -0.2) is 5.84 Å². The van der Waals surface area contributed by atoms with E-state index in [2.05, 4.69) is 63.2 Å². The Bertz CT molecular complexity index is 843. The lowest BCUT2D eigenvalue weighted by Gasteiger charge is -2.43. The summed E-state index contributed by atoms with van der Waals surface area (Å²) >= 11 is 0. The summed E-state index contributed by atoms with van der Waals surface area (Å²) in [6.45, 7) is 6.78. The van der Waals surface area contributed by atoms with Gasteiger partial charge in [0.15, 0.2) is 0 Å². The molecule has 2 nitrogen and oxygen atoms in total. The van der Waals surface area contributed by atoms with Crippen molar-refractivity contribution < 1.29 is 0 Å². The molecule has 2 N–H and O–H groups in total. The van der Waals surface area contributed by atoms with Crippen LogP contribution in [0.5, 0.6) is 0 Å². The van der Waals surface area contributed by atoms with E-state index in [0.717, 1.165) is 12.0 Å². The number of benzene rings is 2. The summed E-state index contributed by atoms with van der Waals surface area (Å²) in [6.07, 6.45) is 5.81. The number of hydrogen-bond acceptors (Lipinski definition) is 2. The SMILES string of the molecule is CCCC1(CCC)Cc2ccc(C)cc2C12N=C(N)c1ccccc12. The molecule has 0 aromatic heterocycles. The van der Waals surface area contributed by atoms with Crippen LogP contribution in [0.25, 0.3) is 0 Å². The van der Waals surface area contributed by atoms with E-state index in [-0.39, 0.29) is 11.0 Å². The van der Waals surface area contributed by atoms with E-state index in [1.807, 2.05) is 0 Å². The van der Waals surface area contributed by atoms with Crippen LogP contribution in [-0.2, 0) is 12.0 Å². The Morgan fingerprint density at radius 2 is 1.72 bits per heavy atom. The van der Waals surface area contributed by atoms with Crippen LogP contribution in [0.15, 0.2) is 47.5 Å². The van der Waals surface area contributed by atoms with Gasteiger partial charge in [0.25, 0.3) is 0 Å². The van der Waals surface area contributed by atoms with Crippen LogP contribution in [0.2, 0.25) is 0 Å². The minimum Gasteiger partial charge on any atom is -0.383 e. The largest absolute Gasteiger partial charge is 0.383 e. The Balaban J connectivity index is 2.07. The quantitative estimate of drug-likeness (QED) is 0.831. The molecule has 1 heterocycles. The maximum Gasteiger partial charge on any atom is 0.127 e. The van der Waals surface area contributed by atoms with Gasteiger partial charge in [-0.1, -0.05) is 74.7 Å². The van der Waals surface area contributed by atoms with E-state index < -0.39 is 0 Å². The first-order valence-electron chi connectivity index (χ1n) is 9.63. The topological polar surface area (TPSA) is 38.4 Å². The molecule has 1 unspecified atom stereocenters. The second-order valence-electron chi connectivity index (χ2n) is 7.87. The third kappa shape index (κ3) is 2.06. The highest BCUT2D eigenvalue weighted by molar-refractivity contribution is 6.03. The van der Waals surface area contributed by atoms with Gasteiger partial charge in [-0.05, 0) is 42.9 Å². The molecule has 1 aliphatic carbocycles. The number of hydrogen-bond donors (Lipinski definition) is 1. The summed E-state index contributed by atoms with van der Waals surface area (Å²) in [5.41, 5.74) is 12.9. The van der Waals surface area contributed by atoms with Crippen LogP contribution < -0.4 is 5.73 Å². The summed E-state index contributed by atoms with van der Waals surface area (Å²) in [5.74, 6) is 0.710. The zero-order valence-corrected chi connectivity index (χ0v) is 15.6. The Morgan fingerprint density at radius 1 is 1.00 bits per heavy atom. The van der Waals surface area contributed by atoms with Crippen molar-refractivity contribution >= 4 is 5.84 Å². The minimum atomic E-state index is -0.305. The van der Waals surface area contributed by atoms with E-state index >= 15 is 0 Å². The average molecular weight is 332 g/mol. The van der Waals surface area contributed by atoms with Crippen molar-refractivity contribution in [2.45, 2.75) is 58.4 Å². The fourth-order valence-corrected chi connectivity index (χ4v) is 5.51. The third-order valence-corrected chi connectivity index (χ3v) is 6.29. The summed E-state index contributed by atoms with van der Waals surface area (Å²) in [7, 11) is 0. The maximum atomic E-state index is 6.46. The second-order valence-corrected chi connectivity index (χ2v) is 7.87. The molecule has 0 fully saturated rings. The number of amidine groups is 1. The van der Waals surface area contributed by atoms with Crippen LogP contribution in [0.4, 0.5) is 0 Å². The zero-order valence-electron chi connectivity index (χ0n) is 15.6. The lowest BCUT2D eigenvalue weighted by molar-refractivity contribution is 0.145. The van der Waals surface area contributed by atoms with Crippen LogP contribution in [0, 0.1) is 12.3 Å². The van der Waals surface area contributed by atoms with Crippen LogP contribution >= 0.6 is 0 Å². The normalized spacial score (nSPS) is 22.8. The average Bonchev–Trinajstić information content (AvgIpc) is 3.04. The van der Waals surface area contributed by atoms with E-state index in [0.29, 0.717) is 5.84 Å². The Labute approximate surface area is 151 Å². The second kappa shape index (κ2) is 5.72. The van der Waals surface area contributed by atoms with Crippen LogP contribution in [0.3, 0.4) is 0 Å². The lowest BCUT2D eigenvalue weighted by Crippen LogP contribution is -2.41. The molecular formula is C23H28N2. The highest BCUT2D eigenvalue weighted by Gasteiger charge is 2.60. The Kier molecular flexibility index (Phi) is 3.75. The van der Waals surface area contributed by atoms with Gasteiger partial charge in [-0.15, -0.1) is 0 Å². The molecule has 0 radical (unpaired) electrons. The number of aryl methyl sites for hydroxylation is 1. The molecule has 0 bridgehead atoms. The van der Waals surface area contributed by atoms with E-state index in [4.69, 9.17) is 10.7 Å². The van der Waals surface area contributed by atoms with Crippen molar-refractivity contribution in [2.75, 3.05) is 0 Å². The third-order valence-electron chi connectivity index (χ3n) is 6.29. The molecule has 0 saturated carbocycles. The number of fused-ring (bicyclic) bond motifs is 4. The lowest BCUT2D eigenvalue weighted by atomic mass is 9.62. The molecule has 2 aromatic carbocycles. The van der Waals surface area contributed by atoms with Gasteiger partial charge in [0, 0.05) is 11.0 Å². The summed E-state index contributed by atoms with van der Waals surface area (Å²) in [5, 5.41) is 0. The fourth-order valence-electron chi connectivity index (χ4n) is 5.51. The number of rotatable bonds is 4. The molecule has 25 heavy (non-hydrogen) atoms. The molecule has 130 valence electrons. The molecule has 1 atom stereocenters. The molecule has 1 aliphatic heterocycles. The minimum absolute atomic E-state index is 0.129. The van der Waals surface area contributed by atoms with Crippen molar-refractivity contribution in [3.05, 3.63) is 70.3 Å². The predicted molar refractivity (Wildman–Crippen MR) is 105 cm³/mol. The molecule has 0 saturated heterocycles. The molecular weight excluding hydrogens is 304 g/mol. The van der Waals surface area contributed by atoms with Gasteiger partial charge in [-0.2, -0.15) is 0 Å². The molecule has 2 aliphatic rings. The zero-order chi connectivity index (χ0) is 17.7. The van der Waals surface area contributed by atoms with Gasteiger partial charge >= 0.3 is 0 Å². The van der Waals surface area contributed by atoms with Gasteiger partial charge < -0.3 is 5.73 Å². The summed E-state index contributed by atoms with van der Waals surface area (Å²) < 4.78 is 0. The molecule has 1 spiro atoms.